The molecule has 3 fully saturated rings. The third kappa shape index (κ3) is 4.32. The van der Waals surface area contributed by atoms with Gasteiger partial charge in [-0.3, -0.25) is 4.79 Å². The molecule has 5 nitrogen and oxygen atoms in total. The fourth-order valence-electron chi connectivity index (χ4n) is 2.93. The number of rotatable bonds is 5. The van der Waals surface area contributed by atoms with E-state index < -0.39 is 0 Å². The van der Waals surface area contributed by atoms with Gasteiger partial charge >= 0.3 is 0 Å². The van der Waals surface area contributed by atoms with Crippen molar-refractivity contribution in [2.45, 2.75) is 37.8 Å². The van der Waals surface area contributed by atoms with Crippen LogP contribution in [0.2, 0.25) is 0 Å². The summed E-state index contributed by atoms with van der Waals surface area (Å²) in [7, 11) is 0. The fraction of sp³-hybridized carbons (Fsp3) is 0.929. The summed E-state index contributed by atoms with van der Waals surface area (Å²) in [6, 6.07) is 0.694. The molecule has 20 heavy (non-hydrogen) atoms. The molecule has 3 rings (SSSR count). The number of carbonyl (C=O) groups excluding carboxylic acids is 1. The minimum atomic E-state index is 0. The molecule has 0 radical (unpaired) electrons. The Morgan fingerprint density at radius 3 is 2.55 bits per heavy atom. The first kappa shape index (κ1) is 16.0. The van der Waals surface area contributed by atoms with E-state index in [2.05, 4.69) is 10.2 Å². The van der Waals surface area contributed by atoms with E-state index in [1.54, 1.807) is 0 Å². The SMILES string of the molecule is Cl.O=C(CC1COCCN1)N(CC1CCOC1)C1CC1. The Hall–Kier alpha value is -0.360. The number of carbonyl (C=O) groups is 1. The Balaban J connectivity index is 0.00000147. The van der Waals surface area contributed by atoms with E-state index in [0.717, 1.165) is 39.3 Å². The normalized spacial score (nSPS) is 29.8. The molecule has 3 aliphatic rings. The lowest BCUT2D eigenvalue weighted by Crippen LogP contribution is -2.46. The first-order valence-corrected chi connectivity index (χ1v) is 7.51. The van der Waals surface area contributed by atoms with Crippen molar-refractivity contribution in [3.8, 4) is 0 Å². The van der Waals surface area contributed by atoms with Gasteiger partial charge in [-0.2, -0.15) is 0 Å². The van der Waals surface area contributed by atoms with Crippen LogP contribution in [0.25, 0.3) is 0 Å². The van der Waals surface area contributed by atoms with Gasteiger partial charge in [0, 0.05) is 44.1 Å². The van der Waals surface area contributed by atoms with Crippen LogP contribution in [0.5, 0.6) is 0 Å². The van der Waals surface area contributed by atoms with Gasteiger partial charge in [0.05, 0.1) is 19.8 Å². The number of nitrogens with zero attached hydrogens (tertiary/aromatic N) is 1. The highest BCUT2D eigenvalue weighted by molar-refractivity contribution is 5.85. The van der Waals surface area contributed by atoms with Gasteiger partial charge in [0.1, 0.15) is 0 Å². The van der Waals surface area contributed by atoms with Crippen molar-refractivity contribution in [3.63, 3.8) is 0 Å². The summed E-state index contributed by atoms with van der Waals surface area (Å²) in [5, 5.41) is 3.36. The molecule has 2 heterocycles. The summed E-state index contributed by atoms with van der Waals surface area (Å²) in [5.74, 6) is 0.831. The average Bonchev–Trinajstić information content (AvgIpc) is 3.14. The summed E-state index contributed by atoms with van der Waals surface area (Å²) < 4.78 is 10.8. The predicted molar refractivity (Wildman–Crippen MR) is 78.1 cm³/mol. The van der Waals surface area contributed by atoms with Gasteiger partial charge in [-0.25, -0.2) is 0 Å². The van der Waals surface area contributed by atoms with Crippen LogP contribution in [-0.2, 0) is 14.3 Å². The maximum absolute atomic E-state index is 12.5. The lowest BCUT2D eigenvalue weighted by atomic mass is 10.1. The average molecular weight is 305 g/mol. The van der Waals surface area contributed by atoms with Crippen LogP contribution >= 0.6 is 12.4 Å². The molecule has 0 aromatic carbocycles. The minimum Gasteiger partial charge on any atom is -0.381 e. The molecule has 2 atom stereocenters. The molecule has 116 valence electrons. The fourth-order valence-corrected chi connectivity index (χ4v) is 2.93. The second kappa shape index (κ2) is 7.59. The zero-order valence-corrected chi connectivity index (χ0v) is 12.7. The van der Waals surface area contributed by atoms with Crippen LogP contribution < -0.4 is 5.32 Å². The summed E-state index contributed by atoms with van der Waals surface area (Å²) in [6.45, 7) is 4.85. The van der Waals surface area contributed by atoms with Crippen LogP contribution in [0.3, 0.4) is 0 Å². The Morgan fingerprint density at radius 2 is 1.95 bits per heavy atom. The lowest BCUT2D eigenvalue weighted by molar-refractivity contribution is -0.133. The maximum atomic E-state index is 12.5. The Labute approximate surface area is 126 Å². The third-order valence-corrected chi connectivity index (χ3v) is 4.21. The predicted octanol–water partition coefficient (Wildman–Crippen LogP) is 0.814. The molecule has 0 bridgehead atoms. The molecule has 6 heteroatoms. The van der Waals surface area contributed by atoms with Gasteiger partial charge in [0.25, 0.3) is 0 Å². The minimum absolute atomic E-state index is 0. The molecule has 1 saturated carbocycles. The quantitative estimate of drug-likeness (QED) is 0.817. The summed E-state index contributed by atoms with van der Waals surface area (Å²) in [6.07, 6.45) is 4.02. The number of hydrogen-bond donors (Lipinski definition) is 1. The standard InChI is InChI=1S/C14H24N2O3.ClH/c17-14(7-12-10-19-6-4-15-12)16(13-1-2-13)8-11-3-5-18-9-11;/h11-13,15H,1-10H2;1H. The first-order valence-electron chi connectivity index (χ1n) is 7.51. The number of ether oxygens (including phenoxy) is 2. The van der Waals surface area contributed by atoms with Gasteiger partial charge in [-0.05, 0) is 19.3 Å². The van der Waals surface area contributed by atoms with Crippen molar-refractivity contribution in [3.05, 3.63) is 0 Å². The molecular formula is C14H25ClN2O3. The monoisotopic (exact) mass is 304 g/mol. The van der Waals surface area contributed by atoms with Gasteiger partial charge in [0.15, 0.2) is 0 Å². The highest BCUT2D eigenvalue weighted by Crippen LogP contribution is 2.29. The highest BCUT2D eigenvalue weighted by atomic mass is 35.5. The smallest absolute Gasteiger partial charge is 0.224 e. The topological polar surface area (TPSA) is 50.8 Å². The van der Waals surface area contributed by atoms with E-state index in [-0.39, 0.29) is 24.4 Å². The van der Waals surface area contributed by atoms with Crippen molar-refractivity contribution in [1.29, 1.82) is 0 Å². The third-order valence-electron chi connectivity index (χ3n) is 4.21. The molecule has 1 N–H and O–H groups in total. The number of morpholine rings is 1. The van der Waals surface area contributed by atoms with Gasteiger partial charge in [-0.1, -0.05) is 0 Å². The molecule has 0 spiro atoms. The molecule has 2 unspecified atom stereocenters. The van der Waals surface area contributed by atoms with Crippen molar-refractivity contribution in [2.24, 2.45) is 5.92 Å². The lowest BCUT2D eigenvalue weighted by Gasteiger charge is -2.29. The Morgan fingerprint density at radius 1 is 1.15 bits per heavy atom. The van der Waals surface area contributed by atoms with E-state index in [1.807, 2.05) is 0 Å². The summed E-state index contributed by atoms with van der Waals surface area (Å²) >= 11 is 0. The summed E-state index contributed by atoms with van der Waals surface area (Å²) in [4.78, 5) is 14.6. The first-order chi connectivity index (χ1) is 9.33. The molecule has 2 saturated heterocycles. The molecule has 0 aromatic rings. The second-order valence-electron chi connectivity index (χ2n) is 5.94. The largest absolute Gasteiger partial charge is 0.381 e. The maximum Gasteiger partial charge on any atom is 0.224 e. The number of halogens is 1. The summed E-state index contributed by atoms with van der Waals surface area (Å²) in [5.41, 5.74) is 0. The van der Waals surface area contributed by atoms with Crippen LogP contribution in [-0.4, -0.2) is 62.4 Å². The highest BCUT2D eigenvalue weighted by Gasteiger charge is 2.35. The molecule has 1 aliphatic carbocycles. The van der Waals surface area contributed by atoms with Gasteiger partial charge < -0.3 is 19.7 Å². The molecule has 1 amide bonds. The number of hydrogen-bond acceptors (Lipinski definition) is 4. The van der Waals surface area contributed by atoms with E-state index >= 15 is 0 Å². The Bertz CT molecular complexity index is 314. The van der Waals surface area contributed by atoms with E-state index in [0.29, 0.717) is 25.0 Å². The number of nitrogens with one attached hydrogen (secondary N) is 1. The van der Waals surface area contributed by atoms with Crippen molar-refractivity contribution in [1.82, 2.24) is 10.2 Å². The van der Waals surface area contributed by atoms with Gasteiger partial charge in [0.2, 0.25) is 5.91 Å². The van der Waals surface area contributed by atoms with E-state index in [9.17, 15) is 4.79 Å². The second-order valence-corrected chi connectivity index (χ2v) is 5.94. The van der Waals surface area contributed by atoms with Crippen molar-refractivity contribution < 1.29 is 14.3 Å². The van der Waals surface area contributed by atoms with Crippen LogP contribution in [0.4, 0.5) is 0 Å². The molecular weight excluding hydrogens is 280 g/mol. The molecule has 2 aliphatic heterocycles. The zero-order chi connectivity index (χ0) is 13.1. The van der Waals surface area contributed by atoms with Gasteiger partial charge in [-0.15, -0.1) is 12.4 Å². The van der Waals surface area contributed by atoms with Crippen molar-refractivity contribution >= 4 is 18.3 Å². The van der Waals surface area contributed by atoms with Crippen LogP contribution in [0.15, 0.2) is 0 Å². The molecule has 0 aromatic heterocycles. The zero-order valence-electron chi connectivity index (χ0n) is 11.9. The Kier molecular flexibility index (Phi) is 6.08. The van der Waals surface area contributed by atoms with Crippen LogP contribution in [0.1, 0.15) is 25.7 Å². The van der Waals surface area contributed by atoms with Crippen LogP contribution in [0, 0.1) is 5.92 Å². The van der Waals surface area contributed by atoms with E-state index in [1.165, 1.54) is 12.8 Å². The van der Waals surface area contributed by atoms with E-state index in [4.69, 9.17) is 9.47 Å². The van der Waals surface area contributed by atoms with Crippen molar-refractivity contribution in [2.75, 3.05) is 39.5 Å². The number of amides is 1.